The molecule has 0 atom stereocenters. The van der Waals surface area contributed by atoms with Gasteiger partial charge in [0.1, 0.15) is 11.2 Å². The molecule has 0 spiro atoms. The summed E-state index contributed by atoms with van der Waals surface area (Å²) in [7, 11) is 0. The summed E-state index contributed by atoms with van der Waals surface area (Å²) in [5.41, 5.74) is 6.82. The maximum Gasteiger partial charge on any atom is 0.164 e. The van der Waals surface area contributed by atoms with Crippen LogP contribution < -0.4 is 0 Å². The van der Waals surface area contributed by atoms with Gasteiger partial charge in [-0.25, -0.2) is 15.0 Å². The number of para-hydroxylation sites is 1. The zero-order chi connectivity index (χ0) is 32.3. The molecule has 2 aromatic heterocycles. The van der Waals surface area contributed by atoms with Gasteiger partial charge in [-0.2, -0.15) is 0 Å². The summed E-state index contributed by atoms with van der Waals surface area (Å²) >= 11 is 0. The molecule has 0 aliphatic carbocycles. The summed E-state index contributed by atoms with van der Waals surface area (Å²) in [6.45, 7) is 0. The number of benzene rings is 8. The van der Waals surface area contributed by atoms with E-state index in [4.69, 9.17) is 19.4 Å². The molecule has 228 valence electrons. The Balaban J connectivity index is 1.14. The number of fused-ring (bicyclic) bond motifs is 6. The van der Waals surface area contributed by atoms with Crippen LogP contribution in [0.3, 0.4) is 0 Å². The molecule has 0 N–H and O–H groups in total. The first-order valence-corrected chi connectivity index (χ1v) is 16.4. The van der Waals surface area contributed by atoms with Gasteiger partial charge in [-0.15, -0.1) is 0 Å². The van der Waals surface area contributed by atoms with Crippen LogP contribution in [-0.2, 0) is 0 Å². The Bertz CT molecular complexity index is 2900. The standard InChI is InChI=1S/C45H27N3O/c1-3-10-30-24-32(18-16-28(30)8-1)33-19-20-35-27-37(23-21-34(35)25-33)44-46-43(36-22-17-29-9-2-4-11-31(29)26-36)47-45(48-44)39-13-7-15-41-42(39)38-12-5-6-14-40(38)49-41/h1-27H. The smallest absolute Gasteiger partial charge is 0.164 e. The molecule has 0 aliphatic heterocycles. The highest BCUT2D eigenvalue weighted by molar-refractivity contribution is 6.11. The lowest BCUT2D eigenvalue weighted by Crippen LogP contribution is -2.00. The Morgan fingerprint density at radius 1 is 0.327 bits per heavy atom. The van der Waals surface area contributed by atoms with Crippen LogP contribution in [0.1, 0.15) is 0 Å². The average molecular weight is 626 g/mol. The SMILES string of the molecule is c1ccc2cc(-c3ccc4cc(-c5nc(-c6ccc7ccccc7c6)nc(-c6cccc7oc8ccccc8c67)n5)ccc4c3)ccc2c1. The molecule has 10 aromatic rings. The van der Waals surface area contributed by atoms with Crippen molar-refractivity contribution in [1.29, 1.82) is 0 Å². The van der Waals surface area contributed by atoms with Crippen molar-refractivity contribution in [2.75, 3.05) is 0 Å². The van der Waals surface area contributed by atoms with Crippen LogP contribution >= 0.6 is 0 Å². The van der Waals surface area contributed by atoms with E-state index in [0.29, 0.717) is 17.5 Å². The second kappa shape index (κ2) is 11.0. The molecule has 0 saturated heterocycles. The van der Waals surface area contributed by atoms with Crippen molar-refractivity contribution in [2.45, 2.75) is 0 Å². The zero-order valence-corrected chi connectivity index (χ0v) is 26.3. The van der Waals surface area contributed by atoms with E-state index >= 15 is 0 Å². The second-order valence-electron chi connectivity index (χ2n) is 12.5. The molecule has 4 nitrogen and oxygen atoms in total. The van der Waals surface area contributed by atoms with E-state index < -0.39 is 0 Å². The highest BCUT2D eigenvalue weighted by Crippen LogP contribution is 2.37. The molecule has 0 bridgehead atoms. The number of hydrogen-bond acceptors (Lipinski definition) is 4. The molecule has 2 heterocycles. The first-order valence-electron chi connectivity index (χ1n) is 16.4. The summed E-state index contributed by atoms with van der Waals surface area (Å²) in [5.74, 6) is 1.86. The van der Waals surface area contributed by atoms with Crippen LogP contribution in [0.2, 0.25) is 0 Å². The van der Waals surface area contributed by atoms with Gasteiger partial charge in [0, 0.05) is 27.5 Å². The van der Waals surface area contributed by atoms with Gasteiger partial charge in [0.15, 0.2) is 17.5 Å². The number of aromatic nitrogens is 3. The summed E-state index contributed by atoms with van der Waals surface area (Å²) < 4.78 is 6.23. The Labute approximate surface area is 282 Å². The number of furan rings is 1. The number of hydrogen-bond donors (Lipinski definition) is 0. The van der Waals surface area contributed by atoms with Gasteiger partial charge in [0.2, 0.25) is 0 Å². The van der Waals surface area contributed by atoms with Crippen molar-refractivity contribution in [1.82, 2.24) is 15.0 Å². The summed E-state index contributed by atoms with van der Waals surface area (Å²) in [6.07, 6.45) is 0. The lowest BCUT2D eigenvalue weighted by molar-refractivity contribution is 0.669. The lowest BCUT2D eigenvalue weighted by atomic mass is 9.98. The second-order valence-corrected chi connectivity index (χ2v) is 12.5. The molecular weight excluding hydrogens is 599 g/mol. The van der Waals surface area contributed by atoms with Gasteiger partial charge in [-0.3, -0.25) is 0 Å². The predicted molar refractivity (Wildman–Crippen MR) is 201 cm³/mol. The van der Waals surface area contributed by atoms with E-state index in [1.54, 1.807) is 0 Å². The van der Waals surface area contributed by atoms with Gasteiger partial charge < -0.3 is 4.42 Å². The fraction of sp³-hybridized carbons (Fsp3) is 0. The van der Waals surface area contributed by atoms with E-state index in [-0.39, 0.29) is 0 Å². The van der Waals surface area contributed by atoms with Crippen molar-refractivity contribution >= 4 is 54.3 Å². The van der Waals surface area contributed by atoms with Crippen molar-refractivity contribution < 1.29 is 4.42 Å². The molecule has 10 rings (SSSR count). The first-order chi connectivity index (χ1) is 24.2. The Hall–Kier alpha value is -6.65. The quantitative estimate of drug-likeness (QED) is 0.195. The molecule has 8 aromatic carbocycles. The van der Waals surface area contributed by atoms with E-state index in [0.717, 1.165) is 54.8 Å². The lowest BCUT2D eigenvalue weighted by Gasteiger charge is -2.11. The molecule has 0 aliphatic rings. The van der Waals surface area contributed by atoms with Crippen LogP contribution in [-0.4, -0.2) is 15.0 Å². The highest BCUT2D eigenvalue weighted by Gasteiger charge is 2.18. The van der Waals surface area contributed by atoms with Crippen LogP contribution in [0.5, 0.6) is 0 Å². The summed E-state index contributed by atoms with van der Waals surface area (Å²) in [5, 5.41) is 9.12. The van der Waals surface area contributed by atoms with Crippen LogP contribution in [0.4, 0.5) is 0 Å². The Morgan fingerprint density at radius 2 is 0.776 bits per heavy atom. The third kappa shape index (κ3) is 4.73. The van der Waals surface area contributed by atoms with Crippen LogP contribution in [0.15, 0.2) is 168 Å². The molecule has 0 fully saturated rings. The van der Waals surface area contributed by atoms with Gasteiger partial charge in [-0.1, -0.05) is 127 Å². The van der Waals surface area contributed by atoms with Gasteiger partial charge in [-0.05, 0) is 79.8 Å². The third-order valence-electron chi connectivity index (χ3n) is 9.47. The van der Waals surface area contributed by atoms with Crippen molar-refractivity contribution in [2.24, 2.45) is 0 Å². The van der Waals surface area contributed by atoms with E-state index in [9.17, 15) is 0 Å². The number of nitrogens with zero attached hydrogens (tertiary/aromatic N) is 3. The minimum atomic E-state index is 0.608. The normalized spacial score (nSPS) is 11.7. The third-order valence-corrected chi connectivity index (χ3v) is 9.47. The maximum absolute atomic E-state index is 6.23. The molecule has 49 heavy (non-hydrogen) atoms. The maximum atomic E-state index is 6.23. The summed E-state index contributed by atoms with van der Waals surface area (Å²) in [4.78, 5) is 15.3. The Kier molecular flexibility index (Phi) is 6.15. The van der Waals surface area contributed by atoms with E-state index in [2.05, 4.69) is 133 Å². The largest absolute Gasteiger partial charge is 0.456 e. The Morgan fingerprint density at radius 3 is 1.41 bits per heavy atom. The monoisotopic (exact) mass is 625 g/mol. The minimum absolute atomic E-state index is 0.608. The predicted octanol–water partition coefficient (Wildman–Crippen LogP) is 11.9. The van der Waals surface area contributed by atoms with E-state index in [1.165, 1.54) is 27.3 Å². The van der Waals surface area contributed by atoms with Crippen LogP contribution in [0.25, 0.3) is 99.5 Å². The summed E-state index contributed by atoms with van der Waals surface area (Å²) in [6, 6.07) is 57.1. The zero-order valence-electron chi connectivity index (χ0n) is 26.3. The van der Waals surface area contributed by atoms with E-state index in [1.807, 2.05) is 30.3 Å². The highest BCUT2D eigenvalue weighted by atomic mass is 16.3. The van der Waals surface area contributed by atoms with Gasteiger partial charge in [0.25, 0.3) is 0 Å². The molecule has 0 radical (unpaired) electrons. The van der Waals surface area contributed by atoms with Crippen molar-refractivity contribution in [3.05, 3.63) is 164 Å². The molecule has 0 unspecified atom stereocenters. The molecule has 0 amide bonds. The first kappa shape index (κ1) is 27.5. The number of rotatable bonds is 4. The minimum Gasteiger partial charge on any atom is -0.456 e. The molecule has 0 saturated carbocycles. The fourth-order valence-electron chi connectivity index (χ4n) is 6.98. The van der Waals surface area contributed by atoms with Gasteiger partial charge >= 0.3 is 0 Å². The average Bonchev–Trinajstić information content (AvgIpc) is 3.56. The van der Waals surface area contributed by atoms with Crippen LogP contribution in [0, 0.1) is 0 Å². The molecular formula is C45H27N3O. The fourth-order valence-corrected chi connectivity index (χ4v) is 6.98. The van der Waals surface area contributed by atoms with Gasteiger partial charge in [0.05, 0.1) is 0 Å². The van der Waals surface area contributed by atoms with Crippen molar-refractivity contribution in [3.63, 3.8) is 0 Å². The topological polar surface area (TPSA) is 51.8 Å². The van der Waals surface area contributed by atoms with Crippen molar-refractivity contribution in [3.8, 4) is 45.3 Å². The molecule has 4 heteroatoms.